The molecule has 0 amide bonds. The molecule has 0 aromatic heterocycles. The molecule has 0 saturated carbocycles. The normalized spacial score (nSPS) is 25.3. The predicted molar refractivity (Wildman–Crippen MR) is 78.6 cm³/mol. The monoisotopic (exact) mass is 326 g/mol. The molecule has 3 rings (SSSR count). The summed E-state index contributed by atoms with van der Waals surface area (Å²) in [6.45, 7) is 5.66. The van der Waals surface area contributed by atoms with Gasteiger partial charge in [-0.15, -0.1) is 0 Å². The standard InChI is InChI=1S/C15H20BrFN2/c16-13-7-12(8-14(17)9-13)10-18-6-3-15(11-18)19-4-1-2-5-19/h7-9,15H,1-6,10-11H2. The molecule has 0 aliphatic carbocycles. The smallest absolute Gasteiger partial charge is 0.124 e. The summed E-state index contributed by atoms with van der Waals surface area (Å²) in [5.41, 5.74) is 1.06. The van der Waals surface area contributed by atoms with E-state index in [4.69, 9.17) is 0 Å². The molecular weight excluding hydrogens is 307 g/mol. The van der Waals surface area contributed by atoms with E-state index in [1.165, 1.54) is 38.4 Å². The number of nitrogens with zero attached hydrogens (tertiary/aromatic N) is 2. The molecule has 2 fully saturated rings. The topological polar surface area (TPSA) is 6.48 Å². The Morgan fingerprint density at radius 3 is 2.68 bits per heavy atom. The molecule has 0 spiro atoms. The van der Waals surface area contributed by atoms with E-state index in [2.05, 4.69) is 25.7 Å². The summed E-state index contributed by atoms with van der Waals surface area (Å²) < 4.78 is 14.2. The van der Waals surface area contributed by atoms with Crippen LogP contribution in [0.4, 0.5) is 4.39 Å². The lowest BCUT2D eigenvalue weighted by atomic mass is 10.2. The third-order valence-electron chi connectivity index (χ3n) is 4.23. The van der Waals surface area contributed by atoms with Gasteiger partial charge in [-0.1, -0.05) is 15.9 Å². The first kappa shape index (κ1) is 13.5. The molecule has 0 N–H and O–H groups in total. The lowest BCUT2D eigenvalue weighted by molar-refractivity contribution is 0.230. The molecular formula is C15H20BrFN2. The van der Waals surface area contributed by atoms with Gasteiger partial charge in [-0.05, 0) is 56.1 Å². The molecule has 2 nitrogen and oxygen atoms in total. The lowest BCUT2D eigenvalue weighted by Crippen LogP contribution is -2.35. The van der Waals surface area contributed by atoms with Crippen LogP contribution in [0.1, 0.15) is 24.8 Å². The van der Waals surface area contributed by atoms with Crippen LogP contribution in [0.3, 0.4) is 0 Å². The van der Waals surface area contributed by atoms with E-state index in [0.717, 1.165) is 35.7 Å². The summed E-state index contributed by atoms with van der Waals surface area (Å²) in [6, 6.07) is 5.90. The van der Waals surface area contributed by atoms with Crippen molar-refractivity contribution in [2.24, 2.45) is 0 Å². The summed E-state index contributed by atoms with van der Waals surface area (Å²) in [6.07, 6.45) is 3.97. The van der Waals surface area contributed by atoms with E-state index in [9.17, 15) is 4.39 Å². The Kier molecular flexibility index (Phi) is 4.20. The molecule has 1 atom stereocenters. The molecule has 2 aliphatic rings. The Labute approximate surface area is 122 Å². The number of likely N-dealkylation sites (tertiary alicyclic amines) is 2. The zero-order valence-electron chi connectivity index (χ0n) is 11.1. The maximum Gasteiger partial charge on any atom is 0.124 e. The Morgan fingerprint density at radius 1 is 1.16 bits per heavy atom. The van der Waals surface area contributed by atoms with Crippen molar-refractivity contribution in [3.05, 3.63) is 34.1 Å². The molecule has 19 heavy (non-hydrogen) atoms. The molecule has 2 heterocycles. The molecule has 104 valence electrons. The van der Waals surface area contributed by atoms with Crippen molar-refractivity contribution in [3.8, 4) is 0 Å². The van der Waals surface area contributed by atoms with Crippen molar-refractivity contribution < 1.29 is 4.39 Å². The van der Waals surface area contributed by atoms with Crippen molar-refractivity contribution in [1.29, 1.82) is 0 Å². The van der Waals surface area contributed by atoms with E-state index >= 15 is 0 Å². The molecule has 0 bridgehead atoms. The van der Waals surface area contributed by atoms with Crippen molar-refractivity contribution in [2.45, 2.75) is 31.8 Å². The Balaban J connectivity index is 1.59. The van der Waals surface area contributed by atoms with E-state index in [1.807, 2.05) is 6.07 Å². The van der Waals surface area contributed by atoms with Crippen LogP contribution in [-0.2, 0) is 6.54 Å². The van der Waals surface area contributed by atoms with Crippen molar-refractivity contribution in [3.63, 3.8) is 0 Å². The lowest BCUT2D eigenvalue weighted by Gasteiger charge is -2.23. The van der Waals surface area contributed by atoms with Crippen LogP contribution in [0.25, 0.3) is 0 Å². The second-order valence-electron chi connectivity index (χ2n) is 5.70. The number of halogens is 2. The fourth-order valence-electron chi connectivity index (χ4n) is 3.32. The molecule has 0 radical (unpaired) electrons. The maximum absolute atomic E-state index is 13.4. The zero-order chi connectivity index (χ0) is 13.2. The quantitative estimate of drug-likeness (QED) is 0.841. The van der Waals surface area contributed by atoms with Gasteiger partial charge in [0.05, 0.1) is 0 Å². The van der Waals surface area contributed by atoms with Crippen LogP contribution in [0.2, 0.25) is 0 Å². The molecule has 2 saturated heterocycles. The SMILES string of the molecule is Fc1cc(Br)cc(CN2CCC(N3CCCC3)C2)c1. The minimum Gasteiger partial charge on any atom is -0.299 e. The minimum absolute atomic E-state index is 0.153. The maximum atomic E-state index is 13.4. The summed E-state index contributed by atoms with van der Waals surface area (Å²) in [7, 11) is 0. The average Bonchev–Trinajstić information content (AvgIpc) is 2.96. The largest absolute Gasteiger partial charge is 0.299 e. The zero-order valence-corrected chi connectivity index (χ0v) is 12.7. The van der Waals surface area contributed by atoms with Crippen LogP contribution in [-0.4, -0.2) is 42.0 Å². The molecule has 1 aromatic carbocycles. The fourth-order valence-corrected chi connectivity index (χ4v) is 3.83. The van der Waals surface area contributed by atoms with E-state index in [0.29, 0.717) is 0 Å². The van der Waals surface area contributed by atoms with Crippen LogP contribution in [0.5, 0.6) is 0 Å². The van der Waals surface area contributed by atoms with Gasteiger partial charge in [-0.2, -0.15) is 0 Å². The van der Waals surface area contributed by atoms with Crippen molar-refractivity contribution >= 4 is 15.9 Å². The molecule has 4 heteroatoms. The summed E-state index contributed by atoms with van der Waals surface area (Å²) in [5.74, 6) is -0.153. The Morgan fingerprint density at radius 2 is 1.95 bits per heavy atom. The van der Waals surface area contributed by atoms with Gasteiger partial charge >= 0.3 is 0 Å². The van der Waals surface area contributed by atoms with E-state index in [-0.39, 0.29) is 5.82 Å². The van der Waals surface area contributed by atoms with Gasteiger partial charge in [0.1, 0.15) is 5.82 Å². The Hall–Kier alpha value is -0.450. The van der Waals surface area contributed by atoms with Gasteiger partial charge in [-0.3, -0.25) is 9.80 Å². The summed E-state index contributed by atoms with van der Waals surface area (Å²) in [4.78, 5) is 5.08. The van der Waals surface area contributed by atoms with Crippen LogP contribution in [0, 0.1) is 5.82 Å². The second-order valence-corrected chi connectivity index (χ2v) is 6.61. The fraction of sp³-hybridized carbons (Fsp3) is 0.600. The van der Waals surface area contributed by atoms with Gasteiger partial charge in [0.25, 0.3) is 0 Å². The van der Waals surface area contributed by atoms with Gasteiger partial charge in [0.15, 0.2) is 0 Å². The second kappa shape index (κ2) is 5.90. The van der Waals surface area contributed by atoms with E-state index < -0.39 is 0 Å². The highest BCUT2D eigenvalue weighted by Crippen LogP contribution is 2.23. The van der Waals surface area contributed by atoms with Gasteiger partial charge in [0.2, 0.25) is 0 Å². The number of hydrogen-bond donors (Lipinski definition) is 0. The third-order valence-corrected chi connectivity index (χ3v) is 4.69. The van der Waals surface area contributed by atoms with Gasteiger partial charge in [0, 0.05) is 30.1 Å². The first-order valence-electron chi connectivity index (χ1n) is 7.12. The van der Waals surface area contributed by atoms with Gasteiger partial charge < -0.3 is 0 Å². The van der Waals surface area contributed by atoms with Crippen LogP contribution >= 0.6 is 15.9 Å². The Bertz CT molecular complexity index is 426. The average molecular weight is 327 g/mol. The molecule has 2 aliphatic heterocycles. The van der Waals surface area contributed by atoms with Crippen molar-refractivity contribution in [1.82, 2.24) is 9.80 Å². The van der Waals surface area contributed by atoms with E-state index in [1.54, 1.807) is 6.07 Å². The van der Waals surface area contributed by atoms with Crippen LogP contribution < -0.4 is 0 Å². The number of hydrogen-bond acceptors (Lipinski definition) is 2. The number of benzene rings is 1. The minimum atomic E-state index is -0.153. The highest BCUT2D eigenvalue weighted by Gasteiger charge is 2.29. The van der Waals surface area contributed by atoms with Crippen LogP contribution in [0.15, 0.2) is 22.7 Å². The van der Waals surface area contributed by atoms with Crippen molar-refractivity contribution in [2.75, 3.05) is 26.2 Å². The highest BCUT2D eigenvalue weighted by atomic mass is 79.9. The first-order chi connectivity index (χ1) is 9.20. The third kappa shape index (κ3) is 3.36. The number of rotatable bonds is 3. The predicted octanol–water partition coefficient (Wildman–Crippen LogP) is 3.26. The first-order valence-corrected chi connectivity index (χ1v) is 7.91. The summed E-state index contributed by atoms with van der Waals surface area (Å²) >= 11 is 3.36. The molecule has 1 aromatic rings. The van der Waals surface area contributed by atoms with Gasteiger partial charge in [-0.25, -0.2) is 4.39 Å². The summed E-state index contributed by atoms with van der Waals surface area (Å²) in [5, 5.41) is 0. The highest BCUT2D eigenvalue weighted by molar-refractivity contribution is 9.10. The molecule has 1 unspecified atom stereocenters.